The Morgan fingerprint density at radius 1 is 0.850 bits per heavy atom. The highest BCUT2D eigenvalue weighted by Crippen LogP contribution is 2.13. The fraction of sp³-hybridized carbons (Fsp3) is 0.895. The summed E-state index contributed by atoms with van der Waals surface area (Å²) >= 11 is 0. The number of allylic oxidation sites excluding steroid dienone is 2. The van der Waals surface area contributed by atoms with Gasteiger partial charge in [0.05, 0.1) is 0 Å². The van der Waals surface area contributed by atoms with E-state index in [9.17, 15) is 0 Å². The SMILES string of the molecule is CCCCCCCC/C=C(/N)CCCCCCC(C)C. The molecule has 0 aliphatic carbocycles. The van der Waals surface area contributed by atoms with Gasteiger partial charge in [-0.25, -0.2) is 0 Å². The average molecular weight is 282 g/mol. The van der Waals surface area contributed by atoms with Gasteiger partial charge in [-0.3, -0.25) is 0 Å². The summed E-state index contributed by atoms with van der Waals surface area (Å²) in [6, 6.07) is 0. The monoisotopic (exact) mass is 281 g/mol. The van der Waals surface area contributed by atoms with E-state index in [2.05, 4.69) is 26.8 Å². The Labute approximate surface area is 128 Å². The first-order chi connectivity index (χ1) is 9.66. The third-order valence-electron chi connectivity index (χ3n) is 3.96. The molecule has 0 bridgehead atoms. The summed E-state index contributed by atoms with van der Waals surface area (Å²) in [7, 11) is 0. The molecule has 0 amide bonds. The van der Waals surface area contributed by atoms with Gasteiger partial charge in [0.1, 0.15) is 0 Å². The zero-order valence-electron chi connectivity index (χ0n) is 14.4. The Bertz CT molecular complexity index is 218. The first-order valence-corrected chi connectivity index (χ1v) is 9.11. The third-order valence-corrected chi connectivity index (χ3v) is 3.96. The zero-order chi connectivity index (χ0) is 15.1. The molecular weight excluding hydrogens is 242 g/mol. The maximum atomic E-state index is 6.06. The zero-order valence-corrected chi connectivity index (χ0v) is 14.4. The first-order valence-electron chi connectivity index (χ1n) is 9.11. The molecule has 0 spiro atoms. The van der Waals surface area contributed by atoms with Crippen LogP contribution in [-0.4, -0.2) is 0 Å². The van der Waals surface area contributed by atoms with Crippen LogP contribution in [0.5, 0.6) is 0 Å². The molecule has 120 valence electrons. The van der Waals surface area contributed by atoms with Crippen LogP contribution >= 0.6 is 0 Å². The fourth-order valence-corrected chi connectivity index (χ4v) is 2.55. The normalized spacial score (nSPS) is 12.3. The molecule has 0 aliphatic rings. The van der Waals surface area contributed by atoms with Gasteiger partial charge < -0.3 is 5.73 Å². The summed E-state index contributed by atoms with van der Waals surface area (Å²) in [5.41, 5.74) is 7.19. The molecule has 0 saturated heterocycles. The van der Waals surface area contributed by atoms with Gasteiger partial charge in [-0.05, 0) is 31.6 Å². The molecule has 0 fully saturated rings. The summed E-state index contributed by atoms with van der Waals surface area (Å²) in [5.74, 6) is 0.859. The predicted octanol–water partition coefficient (Wildman–Crippen LogP) is 6.58. The maximum Gasteiger partial charge on any atom is 0.00399 e. The van der Waals surface area contributed by atoms with Crippen LogP contribution < -0.4 is 5.73 Å². The Morgan fingerprint density at radius 3 is 2.15 bits per heavy atom. The molecule has 0 heterocycles. The van der Waals surface area contributed by atoms with E-state index in [0.29, 0.717) is 0 Å². The van der Waals surface area contributed by atoms with E-state index in [-0.39, 0.29) is 0 Å². The van der Waals surface area contributed by atoms with Crippen LogP contribution in [0.4, 0.5) is 0 Å². The Kier molecular flexibility index (Phi) is 14.6. The van der Waals surface area contributed by atoms with Gasteiger partial charge in [-0.1, -0.05) is 84.6 Å². The van der Waals surface area contributed by atoms with Crippen LogP contribution in [0.1, 0.15) is 104 Å². The van der Waals surface area contributed by atoms with Crippen LogP contribution in [0.25, 0.3) is 0 Å². The quantitative estimate of drug-likeness (QED) is 0.358. The van der Waals surface area contributed by atoms with Crippen molar-refractivity contribution in [2.24, 2.45) is 11.7 Å². The van der Waals surface area contributed by atoms with Gasteiger partial charge in [0.25, 0.3) is 0 Å². The molecule has 0 unspecified atom stereocenters. The van der Waals surface area contributed by atoms with Crippen molar-refractivity contribution in [3.8, 4) is 0 Å². The largest absolute Gasteiger partial charge is 0.402 e. The molecule has 0 aromatic rings. The number of hydrogen-bond donors (Lipinski definition) is 1. The smallest absolute Gasteiger partial charge is 0.00399 e. The molecule has 2 N–H and O–H groups in total. The minimum atomic E-state index is 0.859. The van der Waals surface area contributed by atoms with Crippen LogP contribution in [0.3, 0.4) is 0 Å². The molecule has 0 aromatic heterocycles. The second-order valence-electron chi connectivity index (χ2n) is 6.68. The molecule has 0 aliphatic heterocycles. The molecule has 1 nitrogen and oxygen atoms in total. The van der Waals surface area contributed by atoms with Gasteiger partial charge in [-0.2, -0.15) is 0 Å². The fourth-order valence-electron chi connectivity index (χ4n) is 2.55. The van der Waals surface area contributed by atoms with Crippen LogP contribution in [-0.2, 0) is 0 Å². The molecule has 20 heavy (non-hydrogen) atoms. The van der Waals surface area contributed by atoms with Gasteiger partial charge in [0.15, 0.2) is 0 Å². The van der Waals surface area contributed by atoms with E-state index >= 15 is 0 Å². The van der Waals surface area contributed by atoms with E-state index in [4.69, 9.17) is 5.73 Å². The minimum Gasteiger partial charge on any atom is -0.402 e. The second kappa shape index (κ2) is 14.9. The average Bonchev–Trinajstić information content (AvgIpc) is 2.41. The maximum absolute atomic E-state index is 6.06. The van der Waals surface area contributed by atoms with E-state index in [1.54, 1.807) is 0 Å². The highest BCUT2D eigenvalue weighted by Gasteiger charge is 1.96. The van der Waals surface area contributed by atoms with Crippen molar-refractivity contribution < 1.29 is 0 Å². The second-order valence-corrected chi connectivity index (χ2v) is 6.68. The lowest BCUT2D eigenvalue weighted by Gasteiger charge is -2.05. The Hall–Kier alpha value is -0.460. The van der Waals surface area contributed by atoms with Crippen molar-refractivity contribution in [3.05, 3.63) is 11.8 Å². The van der Waals surface area contributed by atoms with Gasteiger partial charge >= 0.3 is 0 Å². The van der Waals surface area contributed by atoms with E-state index in [1.807, 2.05) is 0 Å². The van der Waals surface area contributed by atoms with Crippen LogP contribution in [0, 0.1) is 5.92 Å². The molecule has 0 radical (unpaired) electrons. The molecule has 1 heteroatoms. The number of unbranched alkanes of at least 4 members (excludes halogenated alkanes) is 9. The molecule has 0 atom stereocenters. The van der Waals surface area contributed by atoms with Crippen molar-refractivity contribution in [1.29, 1.82) is 0 Å². The van der Waals surface area contributed by atoms with Gasteiger partial charge in [0, 0.05) is 5.70 Å². The van der Waals surface area contributed by atoms with E-state index < -0.39 is 0 Å². The van der Waals surface area contributed by atoms with E-state index in [1.165, 1.54) is 77.0 Å². The van der Waals surface area contributed by atoms with Crippen LogP contribution in [0.2, 0.25) is 0 Å². The van der Waals surface area contributed by atoms with Gasteiger partial charge in [-0.15, -0.1) is 0 Å². The van der Waals surface area contributed by atoms with E-state index in [0.717, 1.165) is 18.0 Å². The summed E-state index contributed by atoms with van der Waals surface area (Å²) in [5, 5.41) is 0. The number of rotatable bonds is 14. The highest BCUT2D eigenvalue weighted by molar-refractivity contribution is 4.95. The lowest BCUT2D eigenvalue weighted by atomic mass is 10.0. The first kappa shape index (κ1) is 19.5. The molecular formula is C19H39N. The Morgan fingerprint density at radius 2 is 1.45 bits per heavy atom. The van der Waals surface area contributed by atoms with Gasteiger partial charge in [0.2, 0.25) is 0 Å². The Balaban J connectivity index is 3.29. The third kappa shape index (κ3) is 15.6. The molecule has 0 saturated carbocycles. The minimum absolute atomic E-state index is 0.859. The highest BCUT2D eigenvalue weighted by atomic mass is 14.6. The van der Waals surface area contributed by atoms with Crippen LogP contribution in [0.15, 0.2) is 11.8 Å². The molecule has 0 rings (SSSR count). The summed E-state index contributed by atoms with van der Waals surface area (Å²) in [4.78, 5) is 0. The lowest BCUT2D eigenvalue weighted by Crippen LogP contribution is -1.97. The topological polar surface area (TPSA) is 26.0 Å². The predicted molar refractivity (Wildman–Crippen MR) is 92.8 cm³/mol. The lowest BCUT2D eigenvalue weighted by molar-refractivity contribution is 0.519. The standard InChI is InChI=1S/C19H39N/c1-4-5-6-7-8-9-13-16-19(20)17-14-11-10-12-15-18(2)3/h16,18H,4-15,17,20H2,1-3H3/b19-16+. The summed E-state index contributed by atoms with van der Waals surface area (Å²) in [6.45, 7) is 6.89. The van der Waals surface area contributed by atoms with Crippen molar-refractivity contribution in [2.45, 2.75) is 104 Å². The summed E-state index contributed by atoms with van der Waals surface area (Å²) < 4.78 is 0. The number of nitrogens with two attached hydrogens (primary N) is 1. The summed E-state index contributed by atoms with van der Waals surface area (Å²) in [6.07, 6.45) is 19.6. The van der Waals surface area contributed by atoms with Crippen molar-refractivity contribution in [1.82, 2.24) is 0 Å². The number of hydrogen-bond acceptors (Lipinski definition) is 1. The van der Waals surface area contributed by atoms with Crippen molar-refractivity contribution in [2.75, 3.05) is 0 Å². The van der Waals surface area contributed by atoms with Crippen molar-refractivity contribution >= 4 is 0 Å². The molecule has 0 aromatic carbocycles. The van der Waals surface area contributed by atoms with Crippen molar-refractivity contribution in [3.63, 3.8) is 0 Å².